The fourth-order valence-electron chi connectivity index (χ4n) is 3.09. The summed E-state index contributed by atoms with van der Waals surface area (Å²) in [7, 11) is 2.08. The third kappa shape index (κ3) is 3.77. The normalized spacial score (nSPS) is 23.8. The molecule has 2 atom stereocenters. The van der Waals surface area contributed by atoms with Gasteiger partial charge in [-0.25, -0.2) is 4.39 Å². The van der Waals surface area contributed by atoms with Crippen LogP contribution in [0.4, 0.5) is 4.39 Å². The molecule has 0 heterocycles. The van der Waals surface area contributed by atoms with Crippen molar-refractivity contribution in [2.24, 2.45) is 11.7 Å². The Morgan fingerprint density at radius 1 is 1.37 bits per heavy atom. The maximum Gasteiger partial charge on any atom is 0.127 e. The van der Waals surface area contributed by atoms with Gasteiger partial charge in [0, 0.05) is 22.6 Å². The van der Waals surface area contributed by atoms with E-state index in [4.69, 9.17) is 5.73 Å². The summed E-state index contributed by atoms with van der Waals surface area (Å²) in [5.74, 6) is 0.420. The standard InChI is InChI=1S/C15H22BrFN2/c1-19(15-5-3-2-4-11(15)9-18)10-12-8-13(16)6-7-14(12)17/h6-8,11,15H,2-5,9-10,18H2,1H3. The molecule has 0 saturated heterocycles. The van der Waals surface area contributed by atoms with Gasteiger partial charge in [0.15, 0.2) is 0 Å². The Kier molecular flexibility index (Phi) is 5.37. The van der Waals surface area contributed by atoms with Crippen molar-refractivity contribution in [1.29, 1.82) is 0 Å². The van der Waals surface area contributed by atoms with E-state index in [2.05, 4.69) is 27.9 Å². The summed E-state index contributed by atoms with van der Waals surface area (Å²) < 4.78 is 14.7. The average Bonchev–Trinajstić information content (AvgIpc) is 2.42. The lowest BCUT2D eigenvalue weighted by atomic mass is 9.83. The van der Waals surface area contributed by atoms with Gasteiger partial charge in [0.25, 0.3) is 0 Å². The molecule has 2 N–H and O–H groups in total. The highest BCUT2D eigenvalue weighted by molar-refractivity contribution is 9.10. The van der Waals surface area contributed by atoms with Crippen LogP contribution in [0, 0.1) is 11.7 Å². The second-order valence-corrected chi connectivity index (χ2v) is 6.41. The van der Waals surface area contributed by atoms with Gasteiger partial charge in [-0.1, -0.05) is 28.8 Å². The number of hydrogen-bond acceptors (Lipinski definition) is 2. The van der Waals surface area contributed by atoms with Crippen molar-refractivity contribution >= 4 is 15.9 Å². The summed E-state index contributed by atoms with van der Waals surface area (Å²) in [5.41, 5.74) is 6.62. The van der Waals surface area contributed by atoms with Crippen molar-refractivity contribution in [1.82, 2.24) is 4.90 Å². The number of benzene rings is 1. The van der Waals surface area contributed by atoms with Crippen LogP contribution in [0.15, 0.2) is 22.7 Å². The zero-order chi connectivity index (χ0) is 13.8. The van der Waals surface area contributed by atoms with Gasteiger partial charge >= 0.3 is 0 Å². The monoisotopic (exact) mass is 328 g/mol. The maximum absolute atomic E-state index is 13.8. The van der Waals surface area contributed by atoms with Crippen molar-refractivity contribution in [3.8, 4) is 0 Å². The van der Waals surface area contributed by atoms with Crippen molar-refractivity contribution in [3.05, 3.63) is 34.1 Å². The molecular weight excluding hydrogens is 307 g/mol. The highest BCUT2D eigenvalue weighted by atomic mass is 79.9. The first-order chi connectivity index (χ1) is 9.11. The van der Waals surface area contributed by atoms with Gasteiger partial charge in [0.05, 0.1) is 0 Å². The Hall–Kier alpha value is -0.450. The number of hydrogen-bond donors (Lipinski definition) is 1. The summed E-state index contributed by atoms with van der Waals surface area (Å²) in [4.78, 5) is 2.27. The van der Waals surface area contributed by atoms with Gasteiger partial charge in [-0.05, 0) is 50.6 Å². The first-order valence-corrected chi connectivity index (χ1v) is 7.75. The summed E-state index contributed by atoms with van der Waals surface area (Å²) in [5, 5.41) is 0. The van der Waals surface area contributed by atoms with Gasteiger partial charge in [-0.3, -0.25) is 4.90 Å². The highest BCUT2D eigenvalue weighted by Crippen LogP contribution is 2.28. The lowest BCUT2D eigenvalue weighted by Gasteiger charge is -2.37. The molecule has 2 unspecified atom stereocenters. The topological polar surface area (TPSA) is 29.3 Å². The minimum Gasteiger partial charge on any atom is -0.330 e. The minimum atomic E-state index is -0.129. The Labute approximate surface area is 123 Å². The zero-order valence-electron chi connectivity index (χ0n) is 11.4. The second kappa shape index (κ2) is 6.82. The molecule has 1 aliphatic rings. The van der Waals surface area contributed by atoms with Crippen LogP contribution >= 0.6 is 15.9 Å². The van der Waals surface area contributed by atoms with E-state index in [-0.39, 0.29) is 5.82 Å². The molecule has 4 heteroatoms. The molecule has 0 amide bonds. The van der Waals surface area contributed by atoms with Crippen LogP contribution in [-0.2, 0) is 6.54 Å². The lowest BCUT2D eigenvalue weighted by Crippen LogP contribution is -2.42. The third-order valence-corrected chi connectivity index (χ3v) is 4.66. The Morgan fingerprint density at radius 3 is 2.84 bits per heavy atom. The van der Waals surface area contributed by atoms with E-state index >= 15 is 0 Å². The molecule has 2 nitrogen and oxygen atoms in total. The first kappa shape index (κ1) is 14.9. The van der Waals surface area contributed by atoms with Crippen LogP contribution in [0.25, 0.3) is 0 Å². The molecule has 0 bridgehead atoms. The molecule has 1 saturated carbocycles. The average molecular weight is 329 g/mol. The first-order valence-electron chi connectivity index (χ1n) is 6.96. The van der Waals surface area contributed by atoms with Gasteiger partial charge < -0.3 is 5.73 Å². The SMILES string of the molecule is CN(Cc1cc(Br)ccc1F)C1CCCCC1CN. The fraction of sp³-hybridized carbons (Fsp3) is 0.600. The predicted octanol–water partition coefficient (Wildman–Crippen LogP) is 3.54. The molecule has 1 aromatic carbocycles. The molecule has 1 aliphatic carbocycles. The summed E-state index contributed by atoms with van der Waals surface area (Å²) in [6.45, 7) is 1.38. The Morgan fingerprint density at radius 2 is 2.11 bits per heavy atom. The number of halogens is 2. The second-order valence-electron chi connectivity index (χ2n) is 5.50. The van der Waals surface area contributed by atoms with E-state index in [1.807, 2.05) is 6.07 Å². The molecule has 0 aromatic heterocycles. The van der Waals surface area contributed by atoms with Crippen molar-refractivity contribution < 1.29 is 4.39 Å². The van der Waals surface area contributed by atoms with E-state index in [0.717, 1.165) is 16.6 Å². The van der Waals surface area contributed by atoms with Crippen LogP contribution in [-0.4, -0.2) is 24.5 Å². The van der Waals surface area contributed by atoms with Crippen molar-refractivity contribution in [2.45, 2.75) is 38.3 Å². The number of rotatable bonds is 4. The molecular formula is C15H22BrFN2. The van der Waals surface area contributed by atoms with Crippen molar-refractivity contribution in [3.63, 3.8) is 0 Å². The predicted molar refractivity (Wildman–Crippen MR) is 80.4 cm³/mol. The smallest absolute Gasteiger partial charge is 0.127 e. The maximum atomic E-state index is 13.8. The Bertz CT molecular complexity index is 425. The largest absolute Gasteiger partial charge is 0.330 e. The van der Waals surface area contributed by atoms with Crippen LogP contribution in [0.2, 0.25) is 0 Å². The van der Waals surface area contributed by atoms with Crippen LogP contribution in [0.1, 0.15) is 31.2 Å². The molecule has 0 aliphatic heterocycles. The quantitative estimate of drug-likeness (QED) is 0.915. The number of nitrogens with two attached hydrogens (primary N) is 1. The van der Waals surface area contributed by atoms with Gasteiger partial charge in [0.2, 0.25) is 0 Å². The highest BCUT2D eigenvalue weighted by Gasteiger charge is 2.27. The fourth-order valence-corrected chi connectivity index (χ4v) is 3.50. The molecule has 1 fully saturated rings. The van der Waals surface area contributed by atoms with Crippen LogP contribution in [0.3, 0.4) is 0 Å². The van der Waals surface area contributed by atoms with E-state index in [1.165, 1.54) is 31.7 Å². The molecule has 0 radical (unpaired) electrons. The van der Waals surface area contributed by atoms with Crippen LogP contribution in [0.5, 0.6) is 0 Å². The van der Waals surface area contributed by atoms with Gasteiger partial charge in [-0.2, -0.15) is 0 Å². The minimum absolute atomic E-state index is 0.129. The van der Waals surface area contributed by atoms with Gasteiger partial charge in [-0.15, -0.1) is 0 Å². The zero-order valence-corrected chi connectivity index (χ0v) is 13.0. The summed E-state index contributed by atoms with van der Waals surface area (Å²) in [6, 6.07) is 5.61. The molecule has 106 valence electrons. The third-order valence-electron chi connectivity index (χ3n) is 4.17. The summed E-state index contributed by atoms with van der Waals surface area (Å²) >= 11 is 3.40. The number of nitrogens with zero attached hydrogens (tertiary/aromatic N) is 1. The van der Waals surface area contributed by atoms with Crippen molar-refractivity contribution in [2.75, 3.05) is 13.6 Å². The van der Waals surface area contributed by atoms with E-state index in [0.29, 0.717) is 18.5 Å². The summed E-state index contributed by atoms with van der Waals surface area (Å²) in [6.07, 6.45) is 4.91. The molecule has 1 aromatic rings. The molecule has 2 rings (SSSR count). The van der Waals surface area contributed by atoms with Crippen LogP contribution < -0.4 is 5.73 Å². The van der Waals surface area contributed by atoms with E-state index < -0.39 is 0 Å². The van der Waals surface area contributed by atoms with Gasteiger partial charge in [0.1, 0.15) is 5.82 Å². The lowest BCUT2D eigenvalue weighted by molar-refractivity contribution is 0.126. The van der Waals surface area contributed by atoms with E-state index in [9.17, 15) is 4.39 Å². The molecule has 0 spiro atoms. The Balaban J connectivity index is 2.06. The van der Waals surface area contributed by atoms with E-state index in [1.54, 1.807) is 6.07 Å². The molecule has 19 heavy (non-hydrogen) atoms.